The van der Waals surface area contributed by atoms with Crippen molar-refractivity contribution in [2.24, 2.45) is 0 Å². The van der Waals surface area contributed by atoms with Gasteiger partial charge in [-0.1, -0.05) is 91.0 Å². The zero-order valence-electron chi connectivity index (χ0n) is 22.9. The number of aryl methyl sites for hydroxylation is 1. The molecule has 0 spiro atoms. The molecule has 0 aliphatic heterocycles. The quantitative estimate of drug-likeness (QED) is 0.113. The van der Waals surface area contributed by atoms with Crippen LogP contribution in [-0.4, -0.2) is 39.4 Å². The number of carbonyl (C=O) groups excluding carboxylic acids is 1. The molecule has 6 nitrogen and oxygen atoms in total. The molecular formula is C35H34O6. The maximum Gasteiger partial charge on any atom is 0.193 e. The molecule has 0 aromatic heterocycles. The van der Waals surface area contributed by atoms with Gasteiger partial charge in [-0.25, -0.2) is 0 Å². The Bertz CT molecular complexity index is 1490. The number of allylic oxidation sites excluding steroid dienone is 2. The summed E-state index contributed by atoms with van der Waals surface area (Å²) in [7, 11) is 1.36. The van der Waals surface area contributed by atoms with Crippen molar-refractivity contribution in [3.8, 4) is 23.0 Å². The lowest BCUT2D eigenvalue weighted by molar-refractivity contribution is 0.104. The van der Waals surface area contributed by atoms with E-state index in [-0.39, 0.29) is 34.8 Å². The first-order valence-electron chi connectivity index (χ1n) is 13.4. The molecule has 0 aliphatic rings. The van der Waals surface area contributed by atoms with Crippen LogP contribution in [0.5, 0.6) is 23.0 Å². The monoisotopic (exact) mass is 550 g/mol. The van der Waals surface area contributed by atoms with Crippen molar-refractivity contribution in [3.63, 3.8) is 0 Å². The van der Waals surface area contributed by atoms with Gasteiger partial charge < -0.3 is 25.2 Å². The number of aromatic hydroxyl groups is 3. The number of phenolic OH excluding ortho intramolecular Hbond substituents is 3. The highest BCUT2D eigenvalue weighted by molar-refractivity contribution is 6.11. The number of hydrogen-bond donors (Lipinski definition) is 4. The van der Waals surface area contributed by atoms with E-state index in [1.165, 1.54) is 19.3 Å². The smallest absolute Gasteiger partial charge is 0.193 e. The van der Waals surface area contributed by atoms with Crippen molar-refractivity contribution in [1.29, 1.82) is 0 Å². The fraction of sp³-hybridized carbons (Fsp3) is 0.171. The first kappa shape index (κ1) is 29.2. The summed E-state index contributed by atoms with van der Waals surface area (Å²) < 4.78 is 5.36. The molecule has 0 unspecified atom stereocenters. The summed E-state index contributed by atoms with van der Waals surface area (Å²) in [4.78, 5) is 13.3. The van der Waals surface area contributed by atoms with Gasteiger partial charge in [-0.2, -0.15) is 0 Å². The SMILES string of the molecule is COc1cc(O)c([C@H](/C=C/c2ccc(O)cc2)C[C@@H](O)CCc2ccccc2)c(O)c1C(=O)/C=C/c1ccccc1. The molecule has 0 heterocycles. The van der Waals surface area contributed by atoms with E-state index in [1.54, 1.807) is 42.5 Å². The summed E-state index contributed by atoms with van der Waals surface area (Å²) in [6.45, 7) is 0. The van der Waals surface area contributed by atoms with Gasteiger partial charge in [-0.15, -0.1) is 0 Å². The van der Waals surface area contributed by atoms with E-state index in [0.717, 1.165) is 16.7 Å². The summed E-state index contributed by atoms with van der Waals surface area (Å²) in [6, 6.07) is 27.0. The molecule has 4 rings (SSSR count). The Morgan fingerprint density at radius 1 is 0.854 bits per heavy atom. The van der Waals surface area contributed by atoms with Crippen molar-refractivity contribution >= 4 is 17.9 Å². The number of phenols is 3. The second kappa shape index (κ2) is 14.0. The highest BCUT2D eigenvalue weighted by Gasteiger charge is 2.27. The van der Waals surface area contributed by atoms with Gasteiger partial charge in [-0.3, -0.25) is 4.79 Å². The molecule has 0 amide bonds. The van der Waals surface area contributed by atoms with E-state index in [1.807, 2.05) is 60.7 Å². The number of aliphatic hydroxyl groups excluding tert-OH is 1. The number of rotatable bonds is 12. The van der Waals surface area contributed by atoms with E-state index in [4.69, 9.17) is 4.74 Å². The Balaban J connectivity index is 1.69. The molecule has 4 aromatic carbocycles. The summed E-state index contributed by atoms with van der Waals surface area (Å²) >= 11 is 0. The maximum atomic E-state index is 13.3. The molecule has 0 bridgehead atoms. The van der Waals surface area contributed by atoms with Crippen LogP contribution in [0.15, 0.2) is 103 Å². The summed E-state index contributed by atoms with van der Waals surface area (Å²) in [5.74, 6) is -1.62. The topological polar surface area (TPSA) is 107 Å². The molecule has 4 aromatic rings. The molecule has 210 valence electrons. The molecule has 2 atom stereocenters. The van der Waals surface area contributed by atoms with Crippen LogP contribution in [0.25, 0.3) is 12.2 Å². The number of ether oxygens (including phenoxy) is 1. The van der Waals surface area contributed by atoms with Gasteiger partial charge in [0, 0.05) is 17.5 Å². The molecule has 0 aliphatic carbocycles. The lowest BCUT2D eigenvalue weighted by atomic mass is 9.87. The number of aliphatic hydroxyl groups is 1. The van der Waals surface area contributed by atoms with Gasteiger partial charge >= 0.3 is 0 Å². The third kappa shape index (κ3) is 7.87. The first-order chi connectivity index (χ1) is 19.9. The summed E-state index contributed by atoms with van der Waals surface area (Å²) in [5, 5.41) is 43.1. The Kier molecular flexibility index (Phi) is 9.97. The molecular weight excluding hydrogens is 516 g/mol. The number of benzene rings is 4. The van der Waals surface area contributed by atoms with Gasteiger partial charge in [0.2, 0.25) is 0 Å². The predicted molar refractivity (Wildman–Crippen MR) is 161 cm³/mol. The first-order valence-corrected chi connectivity index (χ1v) is 13.4. The normalized spacial score (nSPS) is 12.9. The summed E-state index contributed by atoms with van der Waals surface area (Å²) in [5.41, 5.74) is 2.73. The van der Waals surface area contributed by atoms with Crippen LogP contribution in [0.2, 0.25) is 0 Å². The second-order valence-electron chi connectivity index (χ2n) is 9.81. The Hall–Kier alpha value is -4.81. The minimum atomic E-state index is -0.761. The average Bonchev–Trinajstić information content (AvgIpc) is 2.99. The van der Waals surface area contributed by atoms with Crippen molar-refractivity contribution in [2.75, 3.05) is 7.11 Å². The zero-order valence-corrected chi connectivity index (χ0v) is 22.9. The number of ketones is 1. The highest BCUT2D eigenvalue weighted by Crippen LogP contribution is 2.44. The molecule has 0 radical (unpaired) electrons. The molecule has 4 N–H and O–H groups in total. The third-order valence-corrected chi connectivity index (χ3v) is 6.90. The minimum absolute atomic E-state index is 0.0392. The van der Waals surface area contributed by atoms with E-state index in [2.05, 4.69) is 0 Å². The van der Waals surface area contributed by atoms with Crippen molar-refractivity contribution in [3.05, 3.63) is 131 Å². The Labute approximate surface area is 240 Å². The Morgan fingerprint density at radius 2 is 1.49 bits per heavy atom. The highest BCUT2D eigenvalue weighted by atomic mass is 16.5. The van der Waals surface area contributed by atoms with Crippen molar-refractivity contribution in [2.45, 2.75) is 31.3 Å². The lowest BCUT2D eigenvalue weighted by Crippen LogP contribution is -2.14. The maximum absolute atomic E-state index is 13.3. The fourth-order valence-corrected chi connectivity index (χ4v) is 4.73. The zero-order chi connectivity index (χ0) is 29.2. The number of carbonyl (C=O) groups is 1. The van der Waals surface area contributed by atoms with Crippen LogP contribution >= 0.6 is 0 Å². The molecule has 41 heavy (non-hydrogen) atoms. The number of methoxy groups -OCH3 is 1. The number of hydrogen-bond acceptors (Lipinski definition) is 6. The van der Waals surface area contributed by atoms with Crippen molar-refractivity contribution in [1.82, 2.24) is 0 Å². The Morgan fingerprint density at radius 3 is 2.15 bits per heavy atom. The molecule has 6 heteroatoms. The van der Waals surface area contributed by atoms with Crippen LogP contribution < -0.4 is 4.74 Å². The van der Waals surface area contributed by atoms with Gasteiger partial charge in [0.05, 0.1) is 13.2 Å². The van der Waals surface area contributed by atoms with Gasteiger partial charge in [-0.05, 0) is 54.2 Å². The van der Waals surface area contributed by atoms with Crippen LogP contribution in [0, 0.1) is 0 Å². The van der Waals surface area contributed by atoms with Gasteiger partial charge in [0.15, 0.2) is 5.78 Å². The second-order valence-corrected chi connectivity index (χ2v) is 9.81. The van der Waals surface area contributed by atoms with Crippen LogP contribution in [0.4, 0.5) is 0 Å². The molecule has 0 fully saturated rings. The average molecular weight is 551 g/mol. The minimum Gasteiger partial charge on any atom is -0.508 e. The third-order valence-electron chi connectivity index (χ3n) is 6.90. The van der Waals surface area contributed by atoms with E-state index in [0.29, 0.717) is 12.8 Å². The van der Waals surface area contributed by atoms with Crippen molar-refractivity contribution < 1.29 is 30.0 Å². The van der Waals surface area contributed by atoms with Gasteiger partial charge in [0.25, 0.3) is 0 Å². The van der Waals surface area contributed by atoms with E-state index < -0.39 is 23.6 Å². The van der Waals surface area contributed by atoms with Crippen LogP contribution in [0.3, 0.4) is 0 Å². The summed E-state index contributed by atoms with van der Waals surface area (Å²) in [6.07, 6.45) is 7.10. The van der Waals surface area contributed by atoms with Gasteiger partial charge in [0.1, 0.15) is 28.6 Å². The largest absolute Gasteiger partial charge is 0.508 e. The molecule has 0 saturated heterocycles. The van der Waals surface area contributed by atoms with E-state index in [9.17, 15) is 25.2 Å². The standard InChI is InChI=1S/C35H34O6/c1-41-32-23-31(39)33(35(40)34(32)30(38)21-16-25-10-6-3-7-11-25)27(17-12-26-13-18-28(36)19-14-26)22-29(37)20-15-24-8-4-2-5-9-24/h2-14,16-19,21,23,27,29,36-37,39-40H,15,20,22H2,1H3/b17-12+,21-16+/t27-,29+/m1/s1. The fourth-order valence-electron chi connectivity index (χ4n) is 4.73. The van der Waals surface area contributed by atoms with Crippen LogP contribution in [0.1, 0.15) is 51.4 Å². The molecule has 0 saturated carbocycles. The predicted octanol–water partition coefficient (Wildman–Crippen LogP) is 6.89. The van der Waals surface area contributed by atoms with Crippen LogP contribution in [-0.2, 0) is 6.42 Å². The van der Waals surface area contributed by atoms with E-state index >= 15 is 0 Å². The lowest BCUT2D eigenvalue weighted by Gasteiger charge is -2.22.